The van der Waals surface area contributed by atoms with Crippen molar-refractivity contribution in [3.8, 4) is 0 Å². The predicted octanol–water partition coefficient (Wildman–Crippen LogP) is 3.02. The third-order valence-electron chi connectivity index (χ3n) is 6.39. The number of aliphatic hydroxyl groups is 1. The normalized spacial score (nSPS) is 36.4. The van der Waals surface area contributed by atoms with Crippen molar-refractivity contribution in [3.63, 3.8) is 0 Å². The lowest BCUT2D eigenvalue weighted by atomic mass is 9.75. The molecule has 6 heteroatoms. The molecule has 0 spiro atoms. The third-order valence-corrected chi connectivity index (χ3v) is 7.96. The van der Waals surface area contributed by atoms with Gasteiger partial charge in [0.15, 0.2) is 0 Å². The number of nitrogens with zero attached hydrogens (tertiary/aromatic N) is 1. The Morgan fingerprint density at radius 1 is 1.08 bits per heavy atom. The molecule has 25 heavy (non-hydrogen) atoms. The van der Waals surface area contributed by atoms with Crippen LogP contribution < -0.4 is 5.46 Å². The third kappa shape index (κ3) is 3.16. The van der Waals surface area contributed by atoms with Crippen molar-refractivity contribution in [1.82, 2.24) is 4.98 Å². The fraction of sp³-hybridized carbons (Fsp3) is 0.737. The standard InChI is InChI=1S/C19H28BNO3S/c1-17(2)18(3,4)24-20(23-17)14-8-13(11-21-12-14)19(22)9-15-6-5-7-16(10-19)25-15/h8,11-12,15-16,22H,5-7,9-10H2,1-4H3. The molecule has 3 aliphatic rings. The summed E-state index contributed by atoms with van der Waals surface area (Å²) < 4.78 is 12.3. The van der Waals surface area contributed by atoms with Crippen LogP contribution in [0.3, 0.4) is 0 Å². The highest BCUT2D eigenvalue weighted by Gasteiger charge is 2.52. The van der Waals surface area contributed by atoms with Gasteiger partial charge in [0.1, 0.15) is 0 Å². The fourth-order valence-corrected chi connectivity index (χ4v) is 6.07. The van der Waals surface area contributed by atoms with E-state index in [1.54, 1.807) is 6.20 Å². The van der Waals surface area contributed by atoms with Crippen LogP contribution in [0, 0.1) is 0 Å². The number of hydrogen-bond donors (Lipinski definition) is 1. The van der Waals surface area contributed by atoms with E-state index >= 15 is 0 Å². The van der Waals surface area contributed by atoms with E-state index in [0.29, 0.717) is 10.5 Å². The number of fused-ring (bicyclic) bond motifs is 2. The highest BCUT2D eigenvalue weighted by Crippen LogP contribution is 2.49. The van der Waals surface area contributed by atoms with Gasteiger partial charge < -0.3 is 14.4 Å². The molecule has 0 saturated carbocycles. The van der Waals surface area contributed by atoms with Gasteiger partial charge in [0.2, 0.25) is 0 Å². The Balaban J connectivity index is 1.60. The first-order valence-corrected chi connectivity index (χ1v) is 10.3. The van der Waals surface area contributed by atoms with Gasteiger partial charge in [0.25, 0.3) is 0 Å². The minimum Gasteiger partial charge on any atom is -0.399 e. The Hall–Kier alpha value is -0.555. The topological polar surface area (TPSA) is 51.6 Å². The summed E-state index contributed by atoms with van der Waals surface area (Å²) in [5.74, 6) is 0. The molecule has 0 aromatic carbocycles. The summed E-state index contributed by atoms with van der Waals surface area (Å²) >= 11 is 2.07. The first-order chi connectivity index (χ1) is 11.7. The molecule has 4 heterocycles. The maximum absolute atomic E-state index is 11.4. The van der Waals surface area contributed by atoms with E-state index in [9.17, 15) is 5.11 Å². The van der Waals surface area contributed by atoms with Gasteiger partial charge in [-0.3, -0.25) is 4.98 Å². The molecule has 2 bridgehead atoms. The molecule has 1 N–H and O–H groups in total. The molecular weight excluding hydrogens is 333 g/mol. The van der Waals surface area contributed by atoms with Crippen molar-refractivity contribution in [2.75, 3.05) is 0 Å². The van der Waals surface area contributed by atoms with E-state index in [4.69, 9.17) is 9.31 Å². The summed E-state index contributed by atoms with van der Waals surface area (Å²) in [7, 11) is -0.432. The molecule has 1 aromatic rings. The maximum atomic E-state index is 11.4. The van der Waals surface area contributed by atoms with Crippen molar-refractivity contribution in [3.05, 3.63) is 24.0 Å². The lowest BCUT2D eigenvalue weighted by Gasteiger charge is -2.44. The molecule has 0 amide bonds. The van der Waals surface area contributed by atoms with Crippen LogP contribution in [0.5, 0.6) is 0 Å². The minimum atomic E-state index is -0.770. The van der Waals surface area contributed by atoms with E-state index in [1.807, 2.05) is 12.3 Å². The second-order valence-corrected chi connectivity index (χ2v) is 10.5. The van der Waals surface area contributed by atoms with Crippen LogP contribution in [0.25, 0.3) is 0 Å². The second kappa shape index (κ2) is 5.98. The Kier molecular flexibility index (Phi) is 4.27. The average Bonchev–Trinajstić information content (AvgIpc) is 2.75. The second-order valence-electron chi connectivity index (χ2n) is 8.85. The van der Waals surface area contributed by atoms with Gasteiger partial charge in [0, 0.05) is 33.9 Å². The van der Waals surface area contributed by atoms with E-state index < -0.39 is 12.7 Å². The zero-order valence-corrected chi connectivity index (χ0v) is 16.4. The molecule has 136 valence electrons. The first-order valence-electron chi connectivity index (χ1n) is 9.37. The summed E-state index contributed by atoms with van der Waals surface area (Å²) in [5, 5.41) is 12.5. The SMILES string of the molecule is CC1(C)OB(c2cncc(C3(O)CC4CCCC(C3)S4)c2)OC1(C)C. The molecule has 0 radical (unpaired) electrons. The van der Waals surface area contributed by atoms with Gasteiger partial charge in [-0.05, 0) is 53.4 Å². The van der Waals surface area contributed by atoms with Gasteiger partial charge in [0.05, 0.1) is 16.8 Å². The number of pyridine rings is 1. The van der Waals surface area contributed by atoms with Crippen molar-refractivity contribution in [2.45, 2.75) is 87.1 Å². The average molecular weight is 361 g/mol. The van der Waals surface area contributed by atoms with Gasteiger partial charge in [-0.2, -0.15) is 11.8 Å². The number of aromatic nitrogens is 1. The largest absolute Gasteiger partial charge is 0.496 e. The van der Waals surface area contributed by atoms with Crippen LogP contribution in [0.2, 0.25) is 0 Å². The Bertz CT molecular complexity index is 638. The van der Waals surface area contributed by atoms with Crippen LogP contribution in [0.15, 0.2) is 18.5 Å². The number of hydrogen-bond acceptors (Lipinski definition) is 5. The molecule has 1 aromatic heterocycles. The van der Waals surface area contributed by atoms with Crippen LogP contribution in [0.4, 0.5) is 0 Å². The van der Waals surface area contributed by atoms with E-state index in [1.165, 1.54) is 19.3 Å². The minimum absolute atomic E-state index is 0.372. The molecule has 3 fully saturated rings. The molecule has 4 rings (SSSR count). The highest BCUT2D eigenvalue weighted by molar-refractivity contribution is 8.00. The van der Waals surface area contributed by atoms with Crippen LogP contribution in [-0.4, -0.2) is 38.9 Å². The predicted molar refractivity (Wildman–Crippen MR) is 102 cm³/mol. The highest BCUT2D eigenvalue weighted by atomic mass is 32.2. The molecule has 2 unspecified atom stereocenters. The molecule has 0 aliphatic carbocycles. The molecular formula is C19H28BNO3S. The van der Waals surface area contributed by atoms with Crippen LogP contribution >= 0.6 is 11.8 Å². The quantitative estimate of drug-likeness (QED) is 0.821. The monoisotopic (exact) mass is 361 g/mol. The van der Waals surface area contributed by atoms with Gasteiger partial charge in [-0.25, -0.2) is 0 Å². The number of thioether (sulfide) groups is 1. The van der Waals surface area contributed by atoms with Crippen LogP contribution in [0.1, 0.15) is 65.4 Å². The number of rotatable bonds is 2. The lowest BCUT2D eigenvalue weighted by Crippen LogP contribution is -2.42. The lowest BCUT2D eigenvalue weighted by molar-refractivity contribution is 0.00578. The van der Waals surface area contributed by atoms with E-state index in [0.717, 1.165) is 23.9 Å². The van der Waals surface area contributed by atoms with Crippen molar-refractivity contribution < 1.29 is 14.4 Å². The summed E-state index contributed by atoms with van der Waals surface area (Å²) in [5.41, 5.74) is 0.296. The van der Waals surface area contributed by atoms with Gasteiger partial charge in [-0.1, -0.05) is 12.5 Å². The molecule has 4 nitrogen and oxygen atoms in total. The van der Waals surface area contributed by atoms with Gasteiger partial charge >= 0.3 is 7.12 Å². The smallest absolute Gasteiger partial charge is 0.399 e. The van der Waals surface area contributed by atoms with Crippen molar-refractivity contribution >= 4 is 24.3 Å². The summed E-state index contributed by atoms with van der Waals surface area (Å²) in [4.78, 5) is 4.41. The Morgan fingerprint density at radius 2 is 1.68 bits per heavy atom. The van der Waals surface area contributed by atoms with E-state index in [-0.39, 0.29) is 11.2 Å². The Labute approximate surface area is 155 Å². The van der Waals surface area contributed by atoms with E-state index in [2.05, 4.69) is 44.4 Å². The van der Waals surface area contributed by atoms with Crippen LogP contribution in [-0.2, 0) is 14.9 Å². The molecule has 3 saturated heterocycles. The molecule has 2 atom stereocenters. The maximum Gasteiger partial charge on any atom is 0.496 e. The fourth-order valence-electron chi connectivity index (χ4n) is 4.17. The Morgan fingerprint density at radius 3 is 2.28 bits per heavy atom. The summed E-state index contributed by atoms with van der Waals surface area (Å²) in [6.45, 7) is 8.21. The van der Waals surface area contributed by atoms with Crippen molar-refractivity contribution in [1.29, 1.82) is 0 Å². The zero-order valence-electron chi connectivity index (χ0n) is 15.6. The van der Waals surface area contributed by atoms with Crippen molar-refractivity contribution in [2.24, 2.45) is 0 Å². The molecule has 3 aliphatic heterocycles. The first kappa shape index (κ1) is 17.8. The van der Waals surface area contributed by atoms with Gasteiger partial charge in [-0.15, -0.1) is 0 Å². The summed E-state index contributed by atoms with van der Waals surface area (Å²) in [6, 6.07) is 2.04. The zero-order chi connectivity index (χ0) is 17.9. The summed E-state index contributed by atoms with van der Waals surface area (Å²) in [6.07, 6.45) is 8.99.